The Morgan fingerprint density at radius 2 is 1.96 bits per heavy atom. The summed E-state index contributed by atoms with van der Waals surface area (Å²) < 4.78 is 81.0. The fourth-order valence-electron chi connectivity index (χ4n) is 1.85. The molecular weight excluding hydrogens is 360 g/mol. The summed E-state index contributed by atoms with van der Waals surface area (Å²) in [4.78, 5) is 10.9. The molecule has 0 saturated heterocycles. The van der Waals surface area contributed by atoms with Crippen LogP contribution >= 0.6 is 0 Å². The number of nitrogens with zero attached hydrogens (tertiary/aromatic N) is 1. The minimum Gasteiger partial charge on any atom is -0.466 e. The zero-order valence-corrected chi connectivity index (χ0v) is 12.2. The largest absolute Gasteiger partial charge is 0.466 e. The van der Waals surface area contributed by atoms with Gasteiger partial charge in [-0.25, -0.2) is 5.43 Å². The summed E-state index contributed by atoms with van der Waals surface area (Å²) in [6, 6.07) is 2.61. The lowest BCUT2D eigenvalue weighted by Crippen LogP contribution is -2.35. The van der Waals surface area contributed by atoms with Crippen LogP contribution in [0.25, 0.3) is 0 Å². The molecule has 2 rings (SSSR count). The van der Waals surface area contributed by atoms with Crippen LogP contribution in [0.3, 0.4) is 0 Å². The number of carbonyl (C=O) groups is 1. The van der Waals surface area contributed by atoms with Crippen molar-refractivity contribution in [1.82, 2.24) is 5.43 Å². The first kappa shape index (κ1) is 18.8. The molecular formula is C13H11F6N3O3. The van der Waals surface area contributed by atoms with E-state index in [9.17, 15) is 31.1 Å². The molecule has 0 radical (unpaired) electrons. The Labute approximate surface area is 136 Å². The molecule has 1 heterocycles. The molecule has 1 aliphatic rings. The first-order chi connectivity index (χ1) is 11.5. The van der Waals surface area contributed by atoms with Crippen LogP contribution in [0.15, 0.2) is 23.3 Å². The van der Waals surface area contributed by atoms with E-state index in [2.05, 4.69) is 5.10 Å². The fourth-order valence-corrected chi connectivity index (χ4v) is 1.85. The van der Waals surface area contributed by atoms with E-state index in [-0.39, 0.29) is 11.5 Å². The summed E-state index contributed by atoms with van der Waals surface area (Å²) in [6.07, 6.45) is -12.7. The number of aliphatic hydroxyl groups is 1. The number of aliphatic hydroxyl groups excluding tert-OH is 1. The van der Waals surface area contributed by atoms with Gasteiger partial charge >= 0.3 is 12.4 Å². The summed E-state index contributed by atoms with van der Waals surface area (Å²) in [5, 5.41) is 14.3. The van der Waals surface area contributed by atoms with E-state index in [0.29, 0.717) is 6.07 Å². The number of benzene rings is 1. The van der Waals surface area contributed by atoms with E-state index in [1.165, 1.54) is 0 Å². The molecule has 0 aliphatic carbocycles. The molecule has 138 valence electrons. The maximum absolute atomic E-state index is 13.1. The second-order valence-electron chi connectivity index (χ2n) is 4.94. The average Bonchev–Trinajstić information content (AvgIpc) is 2.51. The van der Waals surface area contributed by atoms with Gasteiger partial charge in [0.25, 0.3) is 5.91 Å². The quantitative estimate of drug-likeness (QED) is 0.706. The van der Waals surface area contributed by atoms with Crippen molar-refractivity contribution in [2.24, 2.45) is 5.10 Å². The normalized spacial score (nSPS) is 16.6. The van der Waals surface area contributed by atoms with Gasteiger partial charge in [-0.1, -0.05) is 0 Å². The molecule has 25 heavy (non-hydrogen) atoms. The van der Waals surface area contributed by atoms with E-state index in [0.717, 1.165) is 12.1 Å². The summed E-state index contributed by atoms with van der Waals surface area (Å²) in [5.41, 5.74) is -0.0293. The maximum atomic E-state index is 13.1. The first-order valence-corrected chi connectivity index (χ1v) is 6.68. The molecule has 0 unspecified atom stereocenters. The Kier molecular flexibility index (Phi) is 5.11. The molecule has 0 fully saturated rings. The minimum absolute atomic E-state index is 0.130. The SMILES string of the molecule is O=C1COC(c2ccc(NC[C@H](O)C(F)(F)F)c(C(F)(F)F)c2)=NN1. The van der Waals surface area contributed by atoms with Crippen LogP contribution in [0.2, 0.25) is 0 Å². The van der Waals surface area contributed by atoms with Crippen molar-refractivity contribution in [3.8, 4) is 0 Å². The predicted octanol–water partition coefficient (Wildman–Crippen LogP) is 1.85. The lowest BCUT2D eigenvalue weighted by Gasteiger charge is -2.20. The van der Waals surface area contributed by atoms with Crippen LogP contribution in [0, 0.1) is 0 Å². The number of alkyl halides is 6. The van der Waals surface area contributed by atoms with Crippen LogP contribution in [0.1, 0.15) is 11.1 Å². The van der Waals surface area contributed by atoms with Crippen LogP contribution < -0.4 is 10.7 Å². The summed E-state index contributed by atoms with van der Waals surface area (Å²) in [7, 11) is 0. The number of hydrogen-bond acceptors (Lipinski definition) is 5. The van der Waals surface area contributed by atoms with Gasteiger partial charge in [-0.2, -0.15) is 26.3 Å². The monoisotopic (exact) mass is 371 g/mol. The van der Waals surface area contributed by atoms with Crippen molar-refractivity contribution in [3.63, 3.8) is 0 Å². The molecule has 0 spiro atoms. The zero-order chi connectivity index (χ0) is 18.8. The molecule has 0 saturated carbocycles. The highest BCUT2D eigenvalue weighted by Gasteiger charge is 2.39. The van der Waals surface area contributed by atoms with Crippen LogP contribution in [0.4, 0.5) is 32.0 Å². The third kappa shape index (κ3) is 4.75. The molecule has 1 atom stereocenters. The Morgan fingerprint density at radius 3 is 2.48 bits per heavy atom. The molecule has 0 aromatic heterocycles. The van der Waals surface area contributed by atoms with E-state index < -0.39 is 48.8 Å². The molecule has 6 nitrogen and oxygen atoms in total. The number of hydrazone groups is 1. The van der Waals surface area contributed by atoms with Gasteiger partial charge in [0.05, 0.1) is 5.56 Å². The van der Waals surface area contributed by atoms with E-state index in [4.69, 9.17) is 9.84 Å². The van der Waals surface area contributed by atoms with Gasteiger partial charge < -0.3 is 15.2 Å². The Morgan fingerprint density at radius 1 is 1.28 bits per heavy atom. The van der Waals surface area contributed by atoms with Gasteiger partial charge in [-0.05, 0) is 18.2 Å². The number of halogens is 6. The van der Waals surface area contributed by atoms with Crippen molar-refractivity contribution in [1.29, 1.82) is 0 Å². The Bertz CT molecular complexity index is 687. The number of rotatable bonds is 4. The smallest absolute Gasteiger partial charge is 0.418 e. The van der Waals surface area contributed by atoms with Crippen molar-refractivity contribution in [2.45, 2.75) is 18.5 Å². The van der Waals surface area contributed by atoms with E-state index in [1.54, 1.807) is 0 Å². The summed E-state index contributed by atoms with van der Waals surface area (Å²) in [5.74, 6) is -0.855. The van der Waals surface area contributed by atoms with Crippen molar-refractivity contribution >= 4 is 17.5 Å². The number of hydrogen-bond donors (Lipinski definition) is 3. The van der Waals surface area contributed by atoms with Gasteiger partial charge in [-0.15, -0.1) is 5.10 Å². The highest BCUT2D eigenvalue weighted by atomic mass is 19.4. The fraction of sp³-hybridized carbons (Fsp3) is 0.385. The number of carbonyl (C=O) groups excluding carboxylic acids is 1. The van der Waals surface area contributed by atoms with Crippen molar-refractivity contribution < 1.29 is 41.0 Å². The first-order valence-electron chi connectivity index (χ1n) is 6.68. The van der Waals surface area contributed by atoms with Crippen molar-refractivity contribution in [3.05, 3.63) is 29.3 Å². The predicted molar refractivity (Wildman–Crippen MR) is 72.6 cm³/mol. The Balaban J connectivity index is 2.27. The number of ether oxygens (including phenoxy) is 1. The second-order valence-corrected chi connectivity index (χ2v) is 4.94. The molecule has 1 aliphatic heterocycles. The van der Waals surface area contributed by atoms with Gasteiger partial charge in [-0.3, -0.25) is 4.79 Å². The van der Waals surface area contributed by atoms with Crippen LogP contribution in [-0.2, 0) is 15.7 Å². The Hall–Kier alpha value is -2.50. The molecule has 12 heteroatoms. The highest BCUT2D eigenvalue weighted by molar-refractivity contribution is 5.98. The number of nitrogens with one attached hydrogen (secondary N) is 2. The summed E-state index contributed by atoms with van der Waals surface area (Å²) in [6.45, 7) is -1.59. The molecule has 1 amide bonds. The lowest BCUT2D eigenvalue weighted by atomic mass is 10.1. The van der Waals surface area contributed by atoms with Gasteiger partial charge in [0.2, 0.25) is 5.90 Å². The maximum Gasteiger partial charge on any atom is 0.418 e. The van der Waals surface area contributed by atoms with Crippen molar-refractivity contribution in [2.75, 3.05) is 18.5 Å². The standard InChI is InChI=1S/C13H11F6N3O3/c14-12(15,16)7-3-6(11-22-21-10(24)5-25-11)1-2-8(7)20-4-9(23)13(17,18)19/h1-3,9,20,23H,4-5H2,(H,21,24)/t9-/m0/s1. The third-order valence-corrected chi connectivity index (χ3v) is 3.06. The summed E-state index contributed by atoms with van der Waals surface area (Å²) >= 11 is 0. The molecule has 1 aromatic rings. The van der Waals surface area contributed by atoms with Gasteiger partial charge in [0, 0.05) is 17.8 Å². The average molecular weight is 371 g/mol. The molecule has 1 aromatic carbocycles. The van der Waals surface area contributed by atoms with Gasteiger partial charge in [0.1, 0.15) is 0 Å². The highest BCUT2D eigenvalue weighted by Crippen LogP contribution is 2.36. The number of amides is 1. The van der Waals surface area contributed by atoms with E-state index in [1.807, 2.05) is 10.7 Å². The minimum atomic E-state index is -4.96. The van der Waals surface area contributed by atoms with Gasteiger partial charge in [0.15, 0.2) is 12.7 Å². The second kappa shape index (κ2) is 6.78. The topological polar surface area (TPSA) is 83.0 Å². The zero-order valence-electron chi connectivity index (χ0n) is 12.2. The third-order valence-electron chi connectivity index (χ3n) is 3.06. The number of anilines is 1. The molecule has 3 N–H and O–H groups in total. The van der Waals surface area contributed by atoms with Crippen LogP contribution in [-0.4, -0.2) is 42.3 Å². The van der Waals surface area contributed by atoms with Crippen LogP contribution in [0.5, 0.6) is 0 Å². The van der Waals surface area contributed by atoms with E-state index >= 15 is 0 Å². The lowest BCUT2D eigenvalue weighted by molar-refractivity contribution is -0.198. The molecule has 0 bridgehead atoms.